The van der Waals surface area contributed by atoms with E-state index in [4.69, 9.17) is 0 Å². The van der Waals surface area contributed by atoms with Gasteiger partial charge in [0.25, 0.3) is 0 Å². The maximum Gasteiger partial charge on any atom is 0.0522 e. The molecule has 1 atom stereocenters. The van der Waals surface area contributed by atoms with Crippen LogP contribution in [0.3, 0.4) is 0 Å². The van der Waals surface area contributed by atoms with Crippen LogP contribution in [0.2, 0.25) is 0 Å². The lowest BCUT2D eigenvalue weighted by Crippen LogP contribution is -2.48. The zero-order valence-electron chi connectivity index (χ0n) is 12.3. The Balaban J connectivity index is 3.24. The minimum absolute atomic E-state index is 0.0452. The molecule has 0 heterocycles. The molecular weight excluding hydrogens is 208 g/mol. The van der Waals surface area contributed by atoms with Gasteiger partial charge in [0.15, 0.2) is 0 Å². The third-order valence-corrected chi connectivity index (χ3v) is 3.56. The molecule has 1 aromatic carbocycles. The van der Waals surface area contributed by atoms with E-state index in [-0.39, 0.29) is 5.54 Å². The molecule has 2 heteroatoms. The van der Waals surface area contributed by atoms with Crippen molar-refractivity contribution < 1.29 is 0 Å². The number of hydrogen-bond donors (Lipinski definition) is 1. The predicted octanol–water partition coefficient (Wildman–Crippen LogP) is 2.90. The van der Waals surface area contributed by atoms with E-state index in [1.54, 1.807) is 0 Å². The largest absolute Gasteiger partial charge is 0.313 e. The van der Waals surface area contributed by atoms with Crippen LogP contribution in [0.1, 0.15) is 36.6 Å². The summed E-state index contributed by atoms with van der Waals surface area (Å²) < 4.78 is 0. The van der Waals surface area contributed by atoms with Crippen LogP contribution in [0.5, 0.6) is 0 Å². The first kappa shape index (κ1) is 14.2. The molecule has 1 aromatic rings. The van der Waals surface area contributed by atoms with Gasteiger partial charge in [-0.15, -0.1) is 0 Å². The number of hydrogen-bond acceptors (Lipinski definition) is 2. The molecule has 0 radical (unpaired) electrons. The van der Waals surface area contributed by atoms with Crippen molar-refractivity contribution in [1.29, 1.82) is 0 Å². The topological polar surface area (TPSA) is 15.3 Å². The highest BCUT2D eigenvalue weighted by molar-refractivity contribution is 5.34. The molecule has 0 aliphatic carbocycles. The highest BCUT2D eigenvalue weighted by Crippen LogP contribution is 2.32. The molecule has 0 amide bonds. The third kappa shape index (κ3) is 3.08. The first-order valence-electron chi connectivity index (χ1n) is 6.22. The highest BCUT2D eigenvalue weighted by Gasteiger charge is 2.31. The second-order valence-corrected chi connectivity index (χ2v) is 5.70. The number of benzene rings is 1. The SMILES string of the molecule is CNC(C)(C)C(c1ccc(C)cc1C)N(C)C. The summed E-state index contributed by atoms with van der Waals surface area (Å²) in [5.41, 5.74) is 4.14. The molecule has 0 aromatic heterocycles. The first-order valence-corrected chi connectivity index (χ1v) is 6.22. The zero-order valence-corrected chi connectivity index (χ0v) is 12.3. The van der Waals surface area contributed by atoms with E-state index in [1.807, 2.05) is 7.05 Å². The standard InChI is InChI=1S/C15H26N2/c1-11-8-9-13(12(2)10-11)14(17(6)7)15(3,4)16-5/h8-10,14,16H,1-7H3. The number of aryl methyl sites for hydroxylation is 2. The van der Waals surface area contributed by atoms with E-state index < -0.39 is 0 Å². The maximum absolute atomic E-state index is 3.42. The molecule has 0 spiro atoms. The summed E-state index contributed by atoms with van der Waals surface area (Å²) in [6.07, 6.45) is 0. The van der Waals surface area contributed by atoms with E-state index in [2.05, 4.69) is 70.2 Å². The lowest BCUT2D eigenvalue weighted by Gasteiger charge is -2.40. The Labute approximate surface area is 106 Å². The average molecular weight is 234 g/mol. The van der Waals surface area contributed by atoms with Gasteiger partial charge in [-0.05, 0) is 60.0 Å². The summed E-state index contributed by atoms with van der Waals surface area (Å²) in [5, 5.41) is 3.42. The Hall–Kier alpha value is -0.860. The Morgan fingerprint density at radius 2 is 1.76 bits per heavy atom. The van der Waals surface area contributed by atoms with Crippen LogP contribution in [0.25, 0.3) is 0 Å². The van der Waals surface area contributed by atoms with Gasteiger partial charge in [0.05, 0.1) is 6.04 Å². The van der Waals surface area contributed by atoms with Gasteiger partial charge in [-0.1, -0.05) is 23.8 Å². The van der Waals surface area contributed by atoms with Crippen molar-refractivity contribution in [3.05, 3.63) is 34.9 Å². The fourth-order valence-corrected chi connectivity index (χ4v) is 2.58. The molecule has 0 aliphatic rings. The van der Waals surface area contributed by atoms with Crippen LogP contribution in [-0.2, 0) is 0 Å². The fraction of sp³-hybridized carbons (Fsp3) is 0.600. The second-order valence-electron chi connectivity index (χ2n) is 5.70. The highest BCUT2D eigenvalue weighted by atomic mass is 15.2. The van der Waals surface area contributed by atoms with Gasteiger partial charge in [-0.3, -0.25) is 0 Å². The van der Waals surface area contributed by atoms with Crippen LogP contribution < -0.4 is 5.32 Å². The molecule has 0 aliphatic heterocycles. The Bertz CT molecular complexity index is 381. The van der Waals surface area contributed by atoms with E-state index in [0.717, 1.165) is 0 Å². The normalized spacial score (nSPS) is 14.1. The molecule has 1 unspecified atom stereocenters. The molecule has 96 valence electrons. The molecule has 1 N–H and O–H groups in total. The molecule has 0 bridgehead atoms. The van der Waals surface area contributed by atoms with Crippen molar-refractivity contribution in [2.45, 2.75) is 39.3 Å². The number of nitrogens with one attached hydrogen (secondary N) is 1. The van der Waals surface area contributed by atoms with Crippen molar-refractivity contribution >= 4 is 0 Å². The molecule has 2 nitrogen and oxygen atoms in total. The van der Waals surface area contributed by atoms with Gasteiger partial charge < -0.3 is 10.2 Å². The lowest BCUT2D eigenvalue weighted by molar-refractivity contribution is 0.177. The summed E-state index contributed by atoms with van der Waals surface area (Å²) in [6.45, 7) is 8.84. The zero-order chi connectivity index (χ0) is 13.2. The van der Waals surface area contributed by atoms with Gasteiger partial charge in [-0.25, -0.2) is 0 Å². The van der Waals surface area contributed by atoms with Crippen molar-refractivity contribution in [1.82, 2.24) is 10.2 Å². The Kier molecular flexibility index (Phi) is 4.34. The number of likely N-dealkylation sites (N-methyl/N-ethyl adjacent to an activating group) is 2. The molecule has 0 fully saturated rings. The average Bonchev–Trinajstić information content (AvgIpc) is 2.21. The summed E-state index contributed by atoms with van der Waals surface area (Å²) in [5.74, 6) is 0. The third-order valence-electron chi connectivity index (χ3n) is 3.56. The van der Waals surface area contributed by atoms with Gasteiger partial charge in [0.1, 0.15) is 0 Å². The fourth-order valence-electron chi connectivity index (χ4n) is 2.58. The Morgan fingerprint density at radius 3 is 2.18 bits per heavy atom. The molecule has 0 saturated heterocycles. The van der Waals surface area contributed by atoms with Crippen LogP contribution >= 0.6 is 0 Å². The number of rotatable bonds is 4. The van der Waals surface area contributed by atoms with E-state index in [0.29, 0.717) is 6.04 Å². The second kappa shape index (κ2) is 5.19. The minimum atomic E-state index is 0.0452. The lowest BCUT2D eigenvalue weighted by atomic mass is 9.85. The number of nitrogens with zero attached hydrogens (tertiary/aromatic N) is 1. The minimum Gasteiger partial charge on any atom is -0.313 e. The summed E-state index contributed by atoms with van der Waals surface area (Å²) in [6, 6.07) is 7.09. The van der Waals surface area contributed by atoms with E-state index in [9.17, 15) is 0 Å². The molecule has 0 saturated carbocycles. The van der Waals surface area contributed by atoms with Crippen LogP contribution in [0, 0.1) is 13.8 Å². The summed E-state index contributed by atoms with van der Waals surface area (Å²) in [4.78, 5) is 2.29. The van der Waals surface area contributed by atoms with Gasteiger partial charge in [0, 0.05) is 5.54 Å². The maximum atomic E-state index is 3.42. The quantitative estimate of drug-likeness (QED) is 0.862. The van der Waals surface area contributed by atoms with Crippen molar-refractivity contribution in [2.75, 3.05) is 21.1 Å². The van der Waals surface area contributed by atoms with E-state index in [1.165, 1.54) is 16.7 Å². The van der Waals surface area contributed by atoms with Crippen LogP contribution in [0.15, 0.2) is 18.2 Å². The first-order chi connectivity index (χ1) is 7.79. The van der Waals surface area contributed by atoms with Crippen molar-refractivity contribution in [2.24, 2.45) is 0 Å². The monoisotopic (exact) mass is 234 g/mol. The molecular formula is C15H26N2. The summed E-state index contributed by atoms with van der Waals surface area (Å²) in [7, 11) is 6.31. The molecule has 17 heavy (non-hydrogen) atoms. The van der Waals surface area contributed by atoms with Gasteiger partial charge in [0.2, 0.25) is 0 Å². The van der Waals surface area contributed by atoms with Crippen LogP contribution in [-0.4, -0.2) is 31.6 Å². The summed E-state index contributed by atoms with van der Waals surface area (Å²) >= 11 is 0. The Morgan fingerprint density at radius 1 is 1.18 bits per heavy atom. The van der Waals surface area contributed by atoms with Crippen molar-refractivity contribution in [3.8, 4) is 0 Å². The predicted molar refractivity (Wildman–Crippen MR) is 75.5 cm³/mol. The van der Waals surface area contributed by atoms with Crippen LogP contribution in [0.4, 0.5) is 0 Å². The van der Waals surface area contributed by atoms with Gasteiger partial charge >= 0.3 is 0 Å². The molecule has 1 rings (SSSR count). The van der Waals surface area contributed by atoms with E-state index >= 15 is 0 Å². The smallest absolute Gasteiger partial charge is 0.0522 e. The van der Waals surface area contributed by atoms with Gasteiger partial charge in [-0.2, -0.15) is 0 Å². The van der Waals surface area contributed by atoms with Crippen molar-refractivity contribution in [3.63, 3.8) is 0 Å².